The van der Waals surface area contributed by atoms with Gasteiger partial charge in [0.1, 0.15) is 17.4 Å². The van der Waals surface area contributed by atoms with E-state index < -0.39 is 6.03 Å². The van der Waals surface area contributed by atoms with Crippen LogP contribution in [0, 0.1) is 18.3 Å². The minimum absolute atomic E-state index is 0.0308. The van der Waals surface area contributed by atoms with Gasteiger partial charge in [0.2, 0.25) is 5.88 Å². The zero-order chi connectivity index (χ0) is 15.4. The Balaban J connectivity index is 2.21. The normalized spacial score (nSPS) is 9.76. The molecule has 0 saturated heterocycles. The first-order chi connectivity index (χ1) is 10.0. The van der Waals surface area contributed by atoms with Crippen LogP contribution >= 0.6 is 0 Å². The third-order valence-electron chi connectivity index (χ3n) is 2.81. The molecule has 0 aliphatic heterocycles. The minimum atomic E-state index is -0.554. The standard InChI is InChI=1S/C15H13N3O3/c1-9(19)13-10(2)21-14(12(13)8-16)18-15(20)17-11-6-4-3-5-7-11/h3-7H,1-2H3,(H2,17,18,20). The van der Waals surface area contributed by atoms with E-state index in [1.165, 1.54) is 6.92 Å². The molecule has 2 rings (SSSR count). The lowest BCUT2D eigenvalue weighted by molar-refractivity contribution is 0.101. The number of rotatable bonds is 3. The fourth-order valence-electron chi connectivity index (χ4n) is 1.95. The molecule has 6 heteroatoms. The number of aryl methyl sites for hydroxylation is 1. The van der Waals surface area contributed by atoms with Crippen molar-refractivity contribution in [1.82, 2.24) is 0 Å². The Morgan fingerprint density at radius 2 is 1.86 bits per heavy atom. The number of hydrogen-bond donors (Lipinski definition) is 2. The second-order valence-corrected chi connectivity index (χ2v) is 4.35. The Morgan fingerprint density at radius 1 is 1.19 bits per heavy atom. The smallest absolute Gasteiger partial charge is 0.326 e. The Hall–Kier alpha value is -3.07. The van der Waals surface area contributed by atoms with Crippen LogP contribution in [0.15, 0.2) is 34.7 Å². The van der Waals surface area contributed by atoms with E-state index in [0.29, 0.717) is 11.4 Å². The molecule has 0 aliphatic rings. The Labute approximate surface area is 121 Å². The maximum absolute atomic E-state index is 11.9. The number of anilines is 2. The number of hydrogen-bond acceptors (Lipinski definition) is 4. The molecule has 0 atom stereocenters. The molecule has 0 radical (unpaired) electrons. The Bertz CT molecular complexity index is 727. The average molecular weight is 283 g/mol. The van der Waals surface area contributed by atoms with Crippen LogP contribution in [0.3, 0.4) is 0 Å². The van der Waals surface area contributed by atoms with Gasteiger partial charge in [0.25, 0.3) is 0 Å². The van der Waals surface area contributed by atoms with Crippen molar-refractivity contribution in [3.05, 3.63) is 47.2 Å². The first-order valence-corrected chi connectivity index (χ1v) is 6.20. The minimum Gasteiger partial charge on any atom is -0.443 e. The molecule has 1 heterocycles. The molecule has 0 unspecified atom stereocenters. The molecule has 1 aromatic heterocycles. The SMILES string of the molecule is CC(=O)c1c(C)oc(NC(=O)Nc2ccccc2)c1C#N. The fourth-order valence-corrected chi connectivity index (χ4v) is 1.95. The van der Waals surface area contributed by atoms with E-state index in [2.05, 4.69) is 10.6 Å². The maximum Gasteiger partial charge on any atom is 0.326 e. The van der Waals surface area contributed by atoms with Gasteiger partial charge in [0.05, 0.1) is 5.56 Å². The van der Waals surface area contributed by atoms with Gasteiger partial charge >= 0.3 is 6.03 Å². The number of nitrogens with one attached hydrogen (secondary N) is 2. The van der Waals surface area contributed by atoms with Crippen LogP contribution in [0.5, 0.6) is 0 Å². The zero-order valence-electron chi connectivity index (χ0n) is 11.6. The Kier molecular flexibility index (Phi) is 4.05. The molecule has 2 N–H and O–H groups in total. The van der Waals surface area contributed by atoms with Crippen molar-refractivity contribution < 1.29 is 14.0 Å². The van der Waals surface area contributed by atoms with Crippen molar-refractivity contribution in [3.63, 3.8) is 0 Å². The van der Waals surface area contributed by atoms with E-state index in [1.807, 2.05) is 12.1 Å². The van der Waals surface area contributed by atoms with E-state index in [4.69, 9.17) is 9.68 Å². The molecule has 106 valence electrons. The number of urea groups is 1. The van der Waals surface area contributed by atoms with Gasteiger partial charge in [-0.15, -0.1) is 0 Å². The van der Waals surface area contributed by atoms with Gasteiger partial charge in [-0.3, -0.25) is 10.1 Å². The van der Waals surface area contributed by atoms with Gasteiger partial charge in [0.15, 0.2) is 5.78 Å². The summed E-state index contributed by atoms with van der Waals surface area (Å²) < 4.78 is 5.29. The van der Waals surface area contributed by atoms with Crippen LogP contribution < -0.4 is 10.6 Å². The number of para-hydroxylation sites is 1. The summed E-state index contributed by atoms with van der Waals surface area (Å²) in [6.45, 7) is 2.91. The molecule has 6 nitrogen and oxygen atoms in total. The summed E-state index contributed by atoms with van der Waals surface area (Å²) in [5.74, 6) is -0.0213. The molecule has 0 spiro atoms. The molecule has 1 aromatic carbocycles. The molecule has 0 bridgehead atoms. The molecule has 0 aliphatic carbocycles. The van der Waals surface area contributed by atoms with Crippen molar-refractivity contribution in [3.8, 4) is 6.07 Å². The fraction of sp³-hybridized carbons (Fsp3) is 0.133. The van der Waals surface area contributed by atoms with Crippen molar-refractivity contribution in [1.29, 1.82) is 5.26 Å². The summed E-state index contributed by atoms with van der Waals surface area (Å²) in [4.78, 5) is 23.4. The van der Waals surface area contributed by atoms with Crippen LogP contribution in [0.1, 0.15) is 28.6 Å². The van der Waals surface area contributed by atoms with Gasteiger partial charge in [0, 0.05) is 5.69 Å². The van der Waals surface area contributed by atoms with E-state index in [1.54, 1.807) is 31.2 Å². The van der Waals surface area contributed by atoms with Gasteiger partial charge < -0.3 is 9.73 Å². The lowest BCUT2D eigenvalue weighted by Gasteiger charge is -2.05. The number of amides is 2. The predicted molar refractivity (Wildman–Crippen MR) is 77.2 cm³/mol. The van der Waals surface area contributed by atoms with Crippen LogP contribution in [0.4, 0.5) is 16.4 Å². The monoisotopic (exact) mass is 283 g/mol. The van der Waals surface area contributed by atoms with Crippen molar-refractivity contribution in [2.45, 2.75) is 13.8 Å². The van der Waals surface area contributed by atoms with E-state index >= 15 is 0 Å². The number of Topliss-reactive ketones (excluding diaryl/α,β-unsaturated/α-hetero) is 1. The lowest BCUT2D eigenvalue weighted by Crippen LogP contribution is -2.19. The van der Waals surface area contributed by atoms with E-state index in [0.717, 1.165) is 0 Å². The van der Waals surface area contributed by atoms with Crippen LogP contribution in [0.2, 0.25) is 0 Å². The molecule has 0 fully saturated rings. The van der Waals surface area contributed by atoms with Crippen LogP contribution in [0.25, 0.3) is 0 Å². The number of furan rings is 1. The van der Waals surface area contributed by atoms with E-state index in [-0.39, 0.29) is 22.8 Å². The van der Waals surface area contributed by atoms with Crippen LogP contribution in [-0.4, -0.2) is 11.8 Å². The first kappa shape index (κ1) is 14.3. The van der Waals surface area contributed by atoms with Crippen molar-refractivity contribution >= 4 is 23.4 Å². The van der Waals surface area contributed by atoms with Gasteiger partial charge in [-0.05, 0) is 26.0 Å². The predicted octanol–water partition coefficient (Wildman–Crippen LogP) is 3.31. The number of carbonyl (C=O) groups is 2. The molecule has 0 saturated carbocycles. The maximum atomic E-state index is 11.9. The first-order valence-electron chi connectivity index (χ1n) is 6.20. The summed E-state index contributed by atoms with van der Waals surface area (Å²) >= 11 is 0. The third kappa shape index (κ3) is 3.09. The number of nitrogens with zero attached hydrogens (tertiary/aromatic N) is 1. The summed E-state index contributed by atoms with van der Waals surface area (Å²) in [5.41, 5.74) is 0.819. The second kappa shape index (κ2) is 5.92. The molecular weight excluding hydrogens is 270 g/mol. The highest BCUT2D eigenvalue weighted by atomic mass is 16.4. The third-order valence-corrected chi connectivity index (χ3v) is 2.81. The highest BCUT2D eigenvalue weighted by Gasteiger charge is 2.22. The van der Waals surface area contributed by atoms with Gasteiger partial charge in [-0.2, -0.15) is 5.26 Å². The lowest BCUT2D eigenvalue weighted by atomic mass is 10.1. The number of benzene rings is 1. The summed E-state index contributed by atoms with van der Waals surface area (Å²) in [7, 11) is 0. The van der Waals surface area contributed by atoms with Crippen molar-refractivity contribution in [2.24, 2.45) is 0 Å². The molecule has 2 amide bonds. The van der Waals surface area contributed by atoms with Gasteiger partial charge in [-0.1, -0.05) is 18.2 Å². The van der Waals surface area contributed by atoms with E-state index in [9.17, 15) is 9.59 Å². The topological polar surface area (TPSA) is 95.1 Å². The highest BCUT2D eigenvalue weighted by molar-refractivity contribution is 6.03. The van der Waals surface area contributed by atoms with Crippen LogP contribution in [-0.2, 0) is 0 Å². The molecule has 2 aromatic rings. The number of carbonyl (C=O) groups excluding carboxylic acids is 2. The quantitative estimate of drug-likeness (QED) is 0.845. The number of ketones is 1. The second-order valence-electron chi connectivity index (χ2n) is 4.35. The largest absolute Gasteiger partial charge is 0.443 e. The summed E-state index contributed by atoms with van der Waals surface area (Å²) in [6.07, 6.45) is 0. The zero-order valence-corrected chi connectivity index (χ0v) is 11.6. The Morgan fingerprint density at radius 3 is 2.43 bits per heavy atom. The summed E-state index contributed by atoms with van der Waals surface area (Å²) in [6, 6.07) is 10.2. The summed E-state index contributed by atoms with van der Waals surface area (Å²) in [5, 5.41) is 14.2. The highest BCUT2D eigenvalue weighted by Crippen LogP contribution is 2.26. The van der Waals surface area contributed by atoms with Crippen molar-refractivity contribution in [2.75, 3.05) is 10.6 Å². The molecular formula is C15H13N3O3. The molecule has 21 heavy (non-hydrogen) atoms. The average Bonchev–Trinajstić information content (AvgIpc) is 2.75. The van der Waals surface area contributed by atoms with Gasteiger partial charge in [-0.25, -0.2) is 4.79 Å². The number of nitriles is 1.